The number of ether oxygens (including phenoxy) is 1. The number of likely N-dealkylation sites (tertiary alicyclic amines) is 1. The average molecular weight is 412 g/mol. The molecule has 7 N–H and O–H groups in total. The molecule has 30 heavy (non-hydrogen) atoms. The number of amides is 2. The Hall–Kier alpha value is -3.37. The highest BCUT2D eigenvalue weighted by Crippen LogP contribution is 2.26. The number of carbonyl (C=O) groups is 1. The Labute approximate surface area is 175 Å². The molecule has 4 rings (SSSR count). The van der Waals surface area contributed by atoms with Crippen molar-refractivity contribution >= 4 is 23.1 Å². The van der Waals surface area contributed by atoms with E-state index in [9.17, 15) is 0 Å². The number of aromatic nitrogens is 3. The Kier molecular flexibility index (Phi) is 7.04. The van der Waals surface area contributed by atoms with Crippen LogP contribution in [-0.2, 0) is 6.54 Å². The molecule has 10 heteroatoms. The number of benzene rings is 1. The molecule has 3 heterocycles. The number of carbonyl (C=O) groups excluding carboxylic acids is 1. The number of anilines is 2. The number of primary amides is 2. The van der Waals surface area contributed by atoms with Crippen LogP contribution in [0.25, 0.3) is 5.52 Å². The minimum atomic E-state index is -0.833. The fraction of sp³-hybridized carbons (Fsp3) is 0.350. The molecule has 1 saturated heterocycles. The maximum Gasteiger partial charge on any atom is 0.309 e. The summed E-state index contributed by atoms with van der Waals surface area (Å²) in [6, 6.07) is 9.45. The van der Waals surface area contributed by atoms with Crippen LogP contribution in [-0.4, -0.2) is 51.8 Å². The summed E-state index contributed by atoms with van der Waals surface area (Å²) in [4.78, 5) is 15.9. The highest BCUT2D eigenvalue weighted by atomic mass is 16.5. The predicted molar refractivity (Wildman–Crippen MR) is 116 cm³/mol. The molecule has 1 aliphatic rings. The molecule has 10 nitrogen and oxygen atoms in total. The van der Waals surface area contributed by atoms with Gasteiger partial charge in [-0.15, -0.1) is 0 Å². The molecular weight excluding hydrogens is 384 g/mol. The molecule has 1 fully saturated rings. The van der Waals surface area contributed by atoms with Crippen molar-refractivity contribution in [2.75, 3.05) is 25.5 Å². The minimum Gasteiger partial charge on any atom is -0.497 e. The zero-order valence-electron chi connectivity index (χ0n) is 17.0. The maximum absolute atomic E-state index is 9.00. The van der Waals surface area contributed by atoms with Crippen LogP contribution in [0.15, 0.2) is 42.9 Å². The van der Waals surface area contributed by atoms with Gasteiger partial charge < -0.3 is 27.3 Å². The predicted octanol–water partition coefficient (Wildman–Crippen LogP) is 1.43. The number of nitrogens with zero attached hydrogens (tertiary/aromatic N) is 4. The lowest BCUT2D eigenvalue weighted by atomic mass is 10.1. The van der Waals surface area contributed by atoms with E-state index in [1.54, 1.807) is 13.4 Å². The van der Waals surface area contributed by atoms with Gasteiger partial charge in [0, 0.05) is 30.5 Å². The number of fused-ring (bicyclic) bond motifs is 1. The summed E-state index contributed by atoms with van der Waals surface area (Å²) in [6.07, 6.45) is 5.66. The van der Waals surface area contributed by atoms with Crippen LogP contribution in [0.5, 0.6) is 5.75 Å². The first-order valence-corrected chi connectivity index (χ1v) is 9.71. The zero-order chi connectivity index (χ0) is 21.5. The molecule has 0 unspecified atom stereocenters. The van der Waals surface area contributed by atoms with E-state index < -0.39 is 6.03 Å². The van der Waals surface area contributed by atoms with Gasteiger partial charge in [0.05, 0.1) is 7.11 Å². The smallest absolute Gasteiger partial charge is 0.309 e. The van der Waals surface area contributed by atoms with Crippen LogP contribution in [0.2, 0.25) is 0 Å². The Balaban J connectivity index is 0.000000589. The van der Waals surface area contributed by atoms with E-state index in [2.05, 4.69) is 37.8 Å². The Morgan fingerprint density at radius 3 is 2.70 bits per heavy atom. The van der Waals surface area contributed by atoms with E-state index >= 15 is 0 Å². The largest absolute Gasteiger partial charge is 0.497 e. The number of piperidine rings is 1. The molecular formula is C20H28N8O2. The van der Waals surface area contributed by atoms with Crippen molar-refractivity contribution in [2.24, 2.45) is 17.2 Å². The van der Waals surface area contributed by atoms with E-state index in [1.165, 1.54) is 5.56 Å². The molecule has 1 aromatic carbocycles. The van der Waals surface area contributed by atoms with Crippen molar-refractivity contribution in [3.63, 3.8) is 0 Å². The normalized spacial score (nSPS) is 14.7. The molecule has 2 aromatic heterocycles. The Morgan fingerprint density at radius 2 is 2.00 bits per heavy atom. The number of nitrogens with two attached hydrogens (primary N) is 3. The maximum atomic E-state index is 9.00. The first-order chi connectivity index (χ1) is 14.5. The number of nitrogens with one attached hydrogen (secondary N) is 1. The van der Waals surface area contributed by atoms with Gasteiger partial charge in [0.25, 0.3) is 0 Å². The first kappa shape index (κ1) is 21.3. The lowest BCUT2D eigenvalue weighted by Crippen LogP contribution is -2.39. The zero-order valence-corrected chi connectivity index (χ0v) is 17.0. The SMILES string of the molecule is COc1cccc(Nc2ncnn3ccc(CN4CCC(N)CC4)c23)c1.NC(N)=O. The number of rotatable bonds is 5. The second-order valence-electron chi connectivity index (χ2n) is 7.12. The molecule has 0 radical (unpaired) electrons. The number of urea groups is 1. The molecule has 1 aliphatic heterocycles. The molecule has 0 spiro atoms. The third-order valence-corrected chi connectivity index (χ3v) is 4.90. The molecule has 3 aromatic rings. The van der Waals surface area contributed by atoms with Crippen molar-refractivity contribution in [3.05, 3.63) is 48.4 Å². The van der Waals surface area contributed by atoms with Gasteiger partial charge >= 0.3 is 6.03 Å². The summed E-state index contributed by atoms with van der Waals surface area (Å²) >= 11 is 0. The summed E-state index contributed by atoms with van der Waals surface area (Å²) in [5.74, 6) is 1.60. The standard InChI is InChI=1S/C19H24N6O.CH4N2O/c1-26-17-4-2-3-16(11-17)23-19-18-14(5-10-25(18)22-13-21-19)12-24-8-6-15(20)7-9-24;2-1(3)4/h2-5,10-11,13,15H,6-9,12,20H2,1H3,(H,21,22,23);(H4,2,3,4). The third-order valence-electron chi connectivity index (χ3n) is 4.90. The molecule has 0 bridgehead atoms. The molecule has 160 valence electrons. The van der Waals surface area contributed by atoms with E-state index in [0.717, 1.165) is 55.2 Å². The quantitative estimate of drug-likeness (QED) is 0.495. The van der Waals surface area contributed by atoms with Gasteiger partial charge in [0.15, 0.2) is 5.82 Å². The lowest BCUT2D eigenvalue weighted by molar-refractivity contribution is 0.206. The number of methoxy groups -OCH3 is 1. The van der Waals surface area contributed by atoms with Gasteiger partial charge in [-0.1, -0.05) is 6.07 Å². The van der Waals surface area contributed by atoms with Crippen molar-refractivity contribution in [1.82, 2.24) is 19.5 Å². The van der Waals surface area contributed by atoms with Crippen LogP contribution in [0.3, 0.4) is 0 Å². The molecule has 0 saturated carbocycles. The fourth-order valence-corrected chi connectivity index (χ4v) is 3.43. The van der Waals surface area contributed by atoms with Gasteiger partial charge in [-0.25, -0.2) is 14.3 Å². The minimum absolute atomic E-state index is 0.339. The van der Waals surface area contributed by atoms with E-state index in [-0.39, 0.29) is 0 Å². The van der Waals surface area contributed by atoms with Crippen molar-refractivity contribution in [3.8, 4) is 5.75 Å². The summed E-state index contributed by atoms with van der Waals surface area (Å²) in [7, 11) is 1.66. The van der Waals surface area contributed by atoms with Crippen LogP contribution in [0, 0.1) is 0 Å². The van der Waals surface area contributed by atoms with Gasteiger partial charge in [0.1, 0.15) is 17.6 Å². The molecule has 2 amide bonds. The summed E-state index contributed by atoms with van der Waals surface area (Å²) < 4.78 is 7.18. The van der Waals surface area contributed by atoms with Crippen LogP contribution in [0.1, 0.15) is 18.4 Å². The highest BCUT2D eigenvalue weighted by molar-refractivity contribution is 5.76. The third kappa shape index (κ3) is 5.58. The van der Waals surface area contributed by atoms with Gasteiger partial charge in [-0.05, 0) is 49.7 Å². The molecule has 0 atom stereocenters. The second-order valence-corrected chi connectivity index (χ2v) is 7.12. The fourth-order valence-electron chi connectivity index (χ4n) is 3.43. The summed E-state index contributed by atoms with van der Waals surface area (Å²) in [6.45, 7) is 2.94. The van der Waals surface area contributed by atoms with Crippen LogP contribution < -0.4 is 27.3 Å². The summed E-state index contributed by atoms with van der Waals surface area (Å²) in [5, 5.41) is 7.75. The second kappa shape index (κ2) is 9.90. The monoisotopic (exact) mass is 412 g/mol. The van der Waals surface area contributed by atoms with E-state index in [0.29, 0.717) is 6.04 Å². The van der Waals surface area contributed by atoms with Crippen LogP contribution >= 0.6 is 0 Å². The van der Waals surface area contributed by atoms with E-state index in [1.807, 2.05) is 35.0 Å². The van der Waals surface area contributed by atoms with Gasteiger partial charge in [-0.2, -0.15) is 5.10 Å². The van der Waals surface area contributed by atoms with Gasteiger partial charge in [0.2, 0.25) is 0 Å². The van der Waals surface area contributed by atoms with Gasteiger partial charge in [-0.3, -0.25) is 4.90 Å². The lowest BCUT2D eigenvalue weighted by Gasteiger charge is -2.29. The van der Waals surface area contributed by atoms with Crippen LogP contribution in [0.4, 0.5) is 16.3 Å². The topological polar surface area (TPSA) is 150 Å². The average Bonchev–Trinajstić information content (AvgIpc) is 3.13. The van der Waals surface area contributed by atoms with Crippen molar-refractivity contribution < 1.29 is 9.53 Å². The summed E-state index contributed by atoms with van der Waals surface area (Å²) in [5.41, 5.74) is 17.7. The molecule has 0 aliphatic carbocycles. The number of hydrogen-bond acceptors (Lipinski definition) is 7. The van der Waals surface area contributed by atoms with Crippen molar-refractivity contribution in [2.45, 2.75) is 25.4 Å². The highest BCUT2D eigenvalue weighted by Gasteiger charge is 2.18. The first-order valence-electron chi connectivity index (χ1n) is 9.71. The Bertz CT molecular complexity index is 978. The van der Waals surface area contributed by atoms with Crippen molar-refractivity contribution in [1.29, 1.82) is 0 Å². The number of hydrogen-bond donors (Lipinski definition) is 4. The Morgan fingerprint density at radius 1 is 1.27 bits per heavy atom. The van der Waals surface area contributed by atoms with E-state index in [4.69, 9.17) is 15.3 Å².